The Kier molecular flexibility index (Phi) is 4.37. The minimum Gasteiger partial charge on any atom is -0.462 e. The number of nitro benzene ring substituents is 1. The maximum Gasteiger partial charge on any atom is 0.345 e. The maximum absolute atomic E-state index is 11.8. The molecule has 0 N–H and O–H groups in total. The molecule has 1 aliphatic carbocycles. The fraction of sp³-hybridized carbons (Fsp3) is 0.462. The Labute approximate surface area is 115 Å². The second kappa shape index (κ2) is 6.02. The lowest BCUT2D eigenvalue weighted by molar-refractivity contribution is -0.385. The minimum atomic E-state index is -0.687. The Morgan fingerprint density at radius 3 is 2.79 bits per heavy atom. The highest BCUT2D eigenvalue weighted by atomic mass is 35.5. The van der Waals surface area contributed by atoms with Crippen molar-refractivity contribution in [2.45, 2.75) is 25.7 Å². The van der Waals surface area contributed by atoms with Crippen LogP contribution >= 0.6 is 11.6 Å². The normalized spacial score (nSPS) is 14.8. The van der Waals surface area contributed by atoms with Gasteiger partial charge >= 0.3 is 5.97 Å². The van der Waals surface area contributed by atoms with E-state index >= 15 is 0 Å². The molecule has 0 aliphatic heterocycles. The molecule has 0 radical (unpaired) electrons. The van der Waals surface area contributed by atoms with Gasteiger partial charge in [-0.05, 0) is 24.5 Å². The third-order valence-corrected chi connectivity index (χ3v) is 3.59. The second-order valence-corrected chi connectivity index (χ2v) is 5.08. The highest BCUT2D eigenvalue weighted by Crippen LogP contribution is 2.29. The van der Waals surface area contributed by atoms with Crippen LogP contribution in [-0.4, -0.2) is 17.5 Å². The van der Waals surface area contributed by atoms with E-state index in [0.29, 0.717) is 12.5 Å². The Balaban J connectivity index is 2.00. The highest BCUT2D eigenvalue weighted by molar-refractivity contribution is 6.31. The van der Waals surface area contributed by atoms with Crippen LogP contribution < -0.4 is 0 Å². The molecule has 0 spiro atoms. The van der Waals surface area contributed by atoms with Crippen molar-refractivity contribution in [1.29, 1.82) is 0 Å². The Hall–Kier alpha value is -1.62. The van der Waals surface area contributed by atoms with Crippen LogP contribution in [0.1, 0.15) is 36.0 Å². The van der Waals surface area contributed by atoms with Crippen LogP contribution in [0.4, 0.5) is 5.69 Å². The fourth-order valence-electron chi connectivity index (χ4n) is 2.01. The SMILES string of the molecule is O=C(OCCC1CCC1)c1cc(Cl)ccc1[N+](=O)[O-]. The smallest absolute Gasteiger partial charge is 0.345 e. The molecule has 1 aromatic rings. The van der Waals surface area contributed by atoms with Gasteiger partial charge in [0.2, 0.25) is 0 Å². The summed E-state index contributed by atoms with van der Waals surface area (Å²) in [6.07, 6.45) is 4.40. The first kappa shape index (κ1) is 13.8. The number of carbonyl (C=O) groups is 1. The first-order valence-corrected chi connectivity index (χ1v) is 6.57. The van der Waals surface area contributed by atoms with Gasteiger partial charge < -0.3 is 4.74 Å². The van der Waals surface area contributed by atoms with Gasteiger partial charge in [-0.1, -0.05) is 30.9 Å². The van der Waals surface area contributed by atoms with Gasteiger partial charge in [0, 0.05) is 11.1 Å². The molecule has 6 heteroatoms. The number of carbonyl (C=O) groups excluding carboxylic acids is 1. The van der Waals surface area contributed by atoms with E-state index in [1.165, 1.54) is 37.5 Å². The molecule has 1 aliphatic rings. The van der Waals surface area contributed by atoms with Crippen LogP contribution in [0, 0.1) is 16.0 Å². The van der Waals surface area contributed by atoms with Crippen LogP contribution in [0.15, 0.2) is 18.2 Å². The molecule has 0 saturated heterocycles. The first-order valence-electron chi connectivity index (χ1n) is 6.19. The van der Waals surface area contributed by atoms with Crippen LogP contribution in [-0.2, 0) is 4.74 Å². The highest BCUT2D eigenvalue weighted by Gasteiger charge is 2.23. The van der Waals surface area contributed by atoms with E-state index in [9.17, 15) is 14.9 Å². The van der Waals surface area contributed by atoms with Gasteiger partial charge in [-0.3, -0.25) is 10.1 Å². The van der Waals surface area contributed by atoms with Gasteiger partial charge in [-0.2, -0.15) is 0 Å². The van der Waals surface area contributed by atoms with Crippen LogP contribution in [0.25, 0.3) is 0 Å². The predicted octanol–water partition coefficient (Wildman–Crippen LogP) is 3.60. The van der Waals surface area contributed by atoms with Gasteiger partial charge in [-0.25, -0.2) is 4.79 Å². The van der Waals surface area contributed by atoms with Gasteiger partial charge in [0.15, 0.2) is 0 Å². The summed E-state index contributed by atoms with van der Waals surface area (Å²) in [5.41, 5.74) is -0.371. The van der Waals surface area contributed by atoms with Crippen molar-refractivity contribution < 1.29 is 14.5 Å². The number of hydrogen-bond donors (Lipinski definition) is 0. The van der Waals surface area contributed by atoms with E-state index in [2.05, 4.69) is 0 Å². The van der Waals surface area contributed by atoms with Crippen LogP contribution in [0.3, 0.4) is 0 Å². The Morgan fingerprint density at radius 2 is 2.21 bits per heavy atom. The average Bonchev–Trinajstić information content (AvgIpc) is 2.31. The molecule has 2 rings (SSSR count). The number of halogens is 1. The van der Waals surface area contributed by atoms with Crippen molar-refractivity contribution in [3.63, 3.8) is 0 Å². The number of rotatable bonds is 5. The molecule has 0 atom stereocenters. The lowest BCUT2D eigenvalue weighted by Gasteiger charge is -2.24. The van der Waals surface area contributed by atoms with Crippen molar-refractivity contribution in [3.8, 4) is 0 Å². The van der Waals surface area contributed by atoms with Crippen molar-refractivity contribution >= 4 is 23.3 Å². The number of benzene rings is 1. The molecule has 0 heterocycles. The molecular formula is C13H14ClNO4. The number of ether oxygens (including phenoxy) is 1. The summed E-state index contributed by atoms with van der Waals surface area (Å²) < 4.78 is 5.08. The standard InChI is InChI=1S/C13H14ClNO4/c14-10-4-5-12(15(17)18)11(8-10)13(16)19-7-6-9-2-1-3-9/h4-5,8-9H,1-3,6-7H2. The summed E-state index contributed by atoms with van der Waals surface area (Å²) in [7, 11) is 0. The average molecular weight is 284 g/mol. The molecule has 0 bridgehead atoms. The summed E-state index contributed by atoms with van der Waals surface area (Å²) in [6, 6.07) is 3.86. The fourth-order valence-corrected chi connectivity index (χ4v) is 2.18. The third-order valence-electron chi connectivity index (χ3n) is 3.36. The molecule has 1 aromatic carbocycles. The van der Waals surface area contributed by atoms with Crippen molar-refractivity contribution in [2.24, 2.45) is 5.92 Å². The monoisotopic (exact) mass is 283 g/mol. The number of nitrogens with zero attached hydrogens (tertiary/aromatic N) is 1. The van der Waals surface area contributed by atoms with Gasteiger partial charge in [0.25, 0.3) is 5.69 Å². The van der Waals surface area contributed by atoms with E-state index < -0.39 is 10.9 Å². The van der Waals surface area contributed by atoms with E-state index in [-0.39, 0.29) is 16.3 Å². The molecule has 19 heavy (non-hydrogen) atoms. The van der Waals surface area contributed by atoms with Gasteiger partial charge in [-0.15, -0.1) is 0 Å². The molecule has 5 nitrogen and oxygen atoms in total. The van der Waals surface area contributed by atoms with E-state index in [1.54, 1.807) is 0 Å². The molecule has 0 amide bonds. The summed E-state index contributed by atoms with van der Waals surface area (Å²) in [6.45, 7) is 0.299. The zero-order valence-electron chi connectivity index (χ0n) is 10.3. The maximum atomic E-state index is 11.8. The summed E-state index contributed by atoms with van der Waals surface area (Å²) in [5.74, 6) is -0.0596. The van der Waals surface area contributed by atoms with E-state index in [4.69, 9.17) is 16.3 Å². The van der Waals surface area contributed by atoms with Gasteiger partial charge in [0.1, 0.15) is 5.56 Å². The molecular weight excluding hydrogens is 270 g/mol. The number of nitro groups is 1. The molecule has 0 aromatic heterocycles. The molecule has 0 unspecified atom stereocenters. The molecule has 102 valence electrons. The lowest BCUT2D eigenvalue weighted by Crippen LogP contribution is -2.16. The number of hydrogen-bond acceptors (Lipinski definition) is 4. The van der Waals surface area contributed by atoms with Crippen molar-refractivity contribution in [1.82, 2.24) is 0 Å². The summed E-state index contributed by atoms with van der Waals surface area (Å²) >= 11 is 5.75. The zero-order chi connectivity index (χ0) is 13.8. The number of esters is 1. The first-order chi connectivity index (χ1) is 9.08. The predicted molar refractivity (Wildman–Crippen MR) is 70.3 cm³/mol. The van der Waals surface area contributed by atoms with Crippen molar-refractivity contribution in [2.75, 3.05) is 6.61 Å². The Morgan fingerprint density at radius 1 is 1.47 bits per heavy atom. The third kappa shape index (κ3) is 3.44. The van der Waals surface area contributed by atoms with Crippen LogP contribution in [0.5, 0.6) is 0 Å². The zero-order valence-corrected chi connectivity index (χ0v) is 11.1. The topological polar surface area (TPSA) is 69.4 Å². The van der Waals surface area contributed by atoms with E-state index in [0.717, 1.165) is 6.42 Å². The van der Waals surface area contributed by atoms with E-state index in [1.807, 2.05) is 0 Å². The van der Waals surface area contributed by atoms with Crippen molar-refractivity contribution in [3.05, 3.63) is 38.9 Å². The Bertz CT molecular complexity index is 499. The molecule has 1 saturated carbocycles. The lowest BCUT2D eigenvalue weighted by atomic mass is 9.83. The minimum absolute atomic E-state index is 0.0916. The van der Waals surface area contributed by atoms with Crippen LogP contribution in [0.2, 0.25) is 5.02 Å². The second-order valence-electron chi connectivity index (χ2n) is 4.64. The summed E-state index contributed by atoms with van der Waals surface area (Å²) in [4.78, 5) is 22.0. The largest absolute Gasteiger partial charge is 0.462 e. The van der Waals surface area contributed by atoms with Gasteiger partial charge in [0.05, 0.1) is 11.5 Å². The quantitative estimate of drug-likeness (QED) is 0.470. The summed E-state index contributed by atoms with van der Waals surface area (Å²) in [5, 5.41) is 11.1. The molecule has 1 fully saturated rings.